The van der Waals surface area contributed by atoms with E-state index in [9.17, 15) is 9.59 Å². The molecule has 4 nitrogen and oxygen atoms in total. The fourth-order valence-corrected chi connectivity index (χ4v) is 4.67. The lowest BCUT2D eigenvalue weighted by Crippen LogP contribution is -2.43. The molecule has 1 N–H and O–H groups in total. The molecule has 1 aromatic rings. The van der Waals surface area contributed by atoms with Crippen LogP contribution >= 0.6 is 11.3 Å². The van der Waals surface area contributed by atoms with Gasteiger partial charge in [-0.25, -0.2) is 4.98 Å². The smallest absolute Gasteiger partial charge is 0.233 e. The lowest BCUT2D eigenvalue weighted by molar-refractivity contribution is -0.131. The minimum atomic E-state index is -0.571. The maximum Gasteiger partial charge on any atom is 0.233 e. The molecular weight excluding hydrogens is 272 g/mol. The maximum absolute atomic E-state index is 12.8. The number of nitrogens with zero attached hydrogens (tertiary/aromatic N) is 1. The predicted molar refractivity (Wildman–Crippen MR) is 78.7 cm³/mol. The molecule has 108 valence electrons. The van der Waals surface area contributed by atoms with E-state index in [2.05, 4.69) is 24.1 Å². The van der Waals surface area contributed by atoms with E-state index >= 15 is 0 Å². The van der Waals surface area contributed by atoms with Crippen molar-refractivity contribution in [2.75, 3.05) is 5.32 Å². The summed E-state index contributed by atoms with van der Waals surface area (Å²) in [6.45, 7) is 8.06. The summed E-state index contributed by atoms with van der Waals surface area (Å²) in [6.07, 6.45) is 1.97. The zero-order valence-electron chi connectivity index (χ0n) is 12.4. The average Bonchev–Trinajstić information content (AvgIpc) is 2.89. The monoisotopic (exact) mass is 292 g/mol. The number of rotatable bonds is 2. The second-order valence-corrected chi connectivity index (χ2v) is 7.75. The molecule has 0 saturated heterocycles. The predicted octanol–water partition coefficient (Wildman–Crippen LogP) is 3.18. The van der Waals surface area contributed by atoms with Gasteiger partial charge in [0, 0.05) is 17.2 Å². The number of Topliss-reactive ketones (excluding diaryl/α,β-unsaturated/α-hetero) is 1. The van der Waals surface area contributed by atoms with Crippen LogP contribution < -0.4 is 5.32 Å². The van der Waals surface area contributed by atoms with Crippen LogP contribution in [0.1, 0.15) is 45.7 Å². The van der Waals surface area contributed by atoms with E-state index in [1.165, 1.54) is 11.3 Å². The van der Waals surface area contributed by atoms with Gasteiger partial charge < -0.3 is 5.32 Å². The van der Waals surface area contributed by atoms with Crippen molar-refractivity contribution in [1.82, 2.24) is 4.98 Å². The number of ketones is 1. The van der Waals surface area contributed by atoms with Gasteiger partial charge in [0.05, 0.1) is 11.1 Å². The molecule has 5 heteroatoms. The number of anilines is 1. The third-order valence-electron chi connectivity index (χ3n) is 5.98. The van der Waals surface area contributed by atoms with Crippen molar-refractivity contribution in [1.29, 1.82) is 0 Å². The number of carbonyl (C=O) groups is 2. The Morgan fingerprint density at radius 2 is 2.05 bits per heavy atom. The van der Waals surface area contributed by atoms with E-state index < -0.39 is 5.41 Å². The summed E-state index contributed by atoms with van der Waals surface area (Å²) >= 11 is 1.43. The summed E-state index contributed by atoms with van der Waals surface area (Å²) in [7, 11) is 0. The maximum atomic E-state index is 12.8. The zero-order valence-corrected chi connectivity index (χ0v) is 13.2. The molecule has 0 spiro atoms. The molecule has 2 aliphatic carbocycles. The third-order valence-corrected chi connectivity index (χ3v) is 6.86. The fourth-order valence-electron chi connectivity index (χ4n) is 3.99. The minimum Gasteiger partial charge on any atom is -0.301 e. The van der Waals surface area contributed by atoms with Crippen LogP contribution in [0.2, 0.25) is 0 Å². The minimum absolute atomic E-state index is 0.0357. The van der Waals surface area contributed by atoms with E-state index in [1.807, 2.05) is 19.2 Å². The molecule has 0 unspecified atom stereocenters. The van der Waals surface area contributed by atoms with Gasteiger partial charge in [-0.1, -0.05) is 20.8 Å². The molecule has 0 aliphatic heterocycles. The van der Waals surface area contributed by atoms with Crippen LogP contribution in [0.4, 0.5) is 5.13 Å². The summed E-state index contributed by atoms with van der Waals surface area (Å²) < 4.78 is 0. The SMILES string of the molecule is Cc1csc(NC(=O)[C@@]23CC[C@](C)(C(=O)C2)C3(C)C)n1. The molecule has 0 aromatic carbocycles. The van der Waals surface area contributed by atoms with E-state index in [1.54, 1.807) is 0 Å². The largest absolute Gasteiger partial charge is 0.301 e. The van der Waals surface area contributed by atoms with Crippen molar-refractivity contribution in [3.8, 4) is 0 Å². The van der Waals surface area contributed by atoms with Crippen LogP contribution in [0.5, 0.6) is 0 Å². The van der Waals surface area contributed by atoms with E-state index in [0.29, 0.717) is 11.6 Å². The van der Waals surface area contributed by atoms with Gasteiger partial charge in [0.2, 0.25) is 5.91 Å². The van der Waals surface area contributed by atoms with Gasteiger partial charge in [0.1, 0.15) is 5.78 Å². The summed E-state index contributed by atoms with van der Waals surface area (Å²) in [4.78, 5) is 29.4. The Hall–Kier alpha value is -1.23. The van der Waals surface area contributed by atoms with Crippen LogP contribution in [-0.2, 0) is 9.59 Å². The first-order valence-electron chi connectivity index (χ1n) is 7.00. The lowest BCUT2D eigenvalue weighted by atomic mass is 9.64. The Balaban J connectivity index is 1.93. The summed E-state index contributed by atoms with van der Waals surface area (Å²) in [5, 5.41) is 5.48. The van der Waals surface area contributed by atoms with Crippen LogP contribution in [0.25, 0.3) is 0 Å². The standard InChI is InChI=1S/C15H20N2O2S/c1-9-8-20-12(16-9)17-11(19)15-6-5-14(4,10(18)7-15)13(15,2)3/h8H,5-7H2,1-4H3,(H,16,17,19)/t14-,15-/m1/s1. The van der Waals surface area contributed by atoms with Crippen molar-refractivity contribution in [3.63, 3.8) is 0 Å². The highest BCUT2D eigenvalue weighted by atomic mass is 32.1. The molecule has 20 heavy (non-hydrogen) atoms. The Kier molecular flexibility index (Phi) is 2.68. The molecule has 1 heterocycles. The first kappa shape index (κ1) is 13.7. The fraction of sp³-hybridized carbons (Fsp3) is 0.667. The lowest BCUT2D eigenvalue weighted by Gasteiger charge is -2.38. The zero-order chi connectivity index (χ0) is 14.8. The quantitative estimate of drug-likeness (QED) is 0.910. The van der Waals surface area contributed by atoms with Crippen LogP contribution in [0, 0.1) is 23.2 Å². The first-order chi connectivity index (χ1) is 9.23. The van der Waals surface area contributed by atoms with Crippen LogP contribution in [0.15, 0.2) is 5.38 Å². The van der Waals surface area contributed by atoms with Gasteiger partial charge in [-0.2, -0.15) is 0 Å². The average molecular weight is 292 g/mol. The van der Waals surface area contributed by atoms with E-state index in [-0.39, 0.29) is 22.5 Å². The number of amides is 1. The Bertz CT molecular complexity index is 607. The Morgan fingerprint density at radius 1 is 1.35 bits per heavy atom. The molecule has 3 rings (SSSR count). The molecule has 2 aliphatic rings. The van der Waals surface area contributed by atoms with Crippen molar-refractivity contribution >= 4 is 28.2 Å². The summed E-state index contributed by atoms with van der Waals surface area (Å²) in [6, 6.07) is 0. The molecule has 1 aromatic heterocycles. The number of thiazole rings is 1. The molecule has 1 amide bonds. The van der Waals surface area contributed by atoms with Crippen molar-refractivity contribution in [2.24, 2.45) is 16.2 Å². The highest BCUT2D eigenvalue weighted by Gasteiger charge is 2.72. The normalized spacial score (nSPS) is 34.5. The molecule has 0 radical (unpaired) electrons. The number of hydrogen-bond donors (Lipinski definition) is 1. The van der Waals surface area contributed by atoms with Crippen molar-refractivity contribution in [2.45, 2.75) is 47.0 Å². The third kappa shape index (κ3) is 1.44. The van der Waals surface area contributed by atoms with Crippen LogP contribution in [-0.4, -0.2) is 16.7 Å². The van der Waals surface area contributed by atoms with Gasteiger partial charge in [-0.3, -0.25) is 9.59 Å². The highest BCUT2D eigenvalue weighted by Crippen LogP contribution is 2.70. The number of carbonyl (C=O) groups excluding carboxylic acids is 2. The van der Waals surface area contributed by atoms with Crippen molar-refractivity contribution < 1.29 is 9.59 Å². The van der Waals surface area contributed by atoms with Gasteiger partial charge >= 0.3 is 0 Å². The number of nitrogens with one attached hydrogen (secondary N) is 1. The van der Waals surface area contributed by atoms with E-state index in [4.69, 9.17) is 0 Å². The molecular formula is C15H20N2O2S. The number of aryl methyl sites for hydroxylation is 1. The molecule has 2 bridgehead atoms. The Morgan fingerprint density at radius 3 is 2.50 bits per heavy atom. The first-order valence-corrected chi connectivity index (χ1v) is 7.88. The molecule has 2 atom stereocenters. The topological polar surface area (TPSA) is 59.1 Å². The molecule has 2 saturated carbocycles. The highest BCUT2D eigenvalue weighted by molar-refractivity contribution is 7.13. The number of hydrogen-bond acceptors (Lipinski definition) is 4. The molecule has 2 fully saturated rings. The second kappa shape index (κ2) is 3.91. The summed E-state index contributed by atoms with van der Waals surface area (Å²) in [5.41, 5.74) is -0.324. The van der Waals surface area contributed by atoms with Gasteiger partial charge in [-0.15, -0.1) is 11.3 Å². The number of aromatic nitrogens is 1. The number of fused-ring (bicyclic) bond motifs is 2. The van der Waals surface area contributed by atoms with Gasteiger partial charge in [0.15, 0.2) is 5.13 Å². The second-order valence-electron chi connectivity index (χ2n) is 6.89. The van der Waals surface area contributed by atoms with Gasteiger partial charge in [-0.05, 0) is 25.2 Å². The van der Waals surface area contributed by atoms with Crippen molar-refractivity contribution in [3.05, 3.63) is 11.1 Å². The summed E-state index contributed by atoms with van der Waals surface area (Å²) in [5.74, 6) is 0.200. The Labute approximate surface area is 123 Å². The van der Waals surface area contributed by atoms with Crippen LogP contribution in [0.3, 0.4) is 0 Å². The van der Waals surface area contributed by atoms with Gasteiger partial charge in [0.25, 0.3) is 0 Å². The van der Waals surface area contributed by atoms with E-state index in [0.717, 1.165) is 18.5 Å².